The zero-order valence-corrected chi connectivity index (χ0v) is 12.6. The number of rotatable bonds is 7. The fourth-order valence-corrected chi connectivity index (χ4v) is 1.88. The minimum absolute atomic E-state index is 0.137. The maximum absolute atomic E-state index is 12.0. The Labute approximate surface area is 124 Å². The van der Waals surface area contributed by atoms with Crippen LogP contribution in [-0.2, 0) is 0 Å². The Morgan fingerprint density at radius 2 is 2.10 bits per heavy atom. The minimum Gasteiger partial charge on any atom is -0.351 e. The van der Waals surface area contributed by atoms with Crippen molar-refractivity contribution in [1.29, 1.82) is 0 Å². The van der Waals surface area contributed by atoms with E-state index in [2.05, 4.69) is 20.5 Å². The van der Waals surface area contributed by atoms with Gasteiger partial charge in [0.05, 0.1) is 0 Å². The van der Waals surface area contributed by atoms with E-state index in [9.17, 15) is 9.59 Å². The van der Waals surface area contributed by atoms with E-state index in [1.54, 1.807) is 12.1 Å². The summed E-state index contributed by atoms with van der Waals surface area (Å²) in [5.41, 5.74) is 0.763. The molecule has 1 aromatic heterocycles. The van der Waals surface area contributed by atoms with E-state index in [0.717, 1.165) is 25.8 Å². The number of carbonyl (C=O) groups is 2. The molecule has 0 bridgehead atoms. The first-order valence-corrected chi connectivity index (χ1v) is 7.26. The average Bonchev–Trinajstić information content (AvgIpc) is 3.27. The number of hydrogen-bond donors (Lipinski definition) is 2. The van der Waals surface area contributed by atoms with E-state index in [1.165, 1.54) is 6.20 Å². The molecule has 0 aliphatic heterocycles. The molecule has 1 aromatic rings. The number of pyridine rings is 1. The maximum atomic E-state index is 12.0. The van der Waals surface area contributed by atoms with Gasteiger partial charge in [0.2, 0.25) is 0 Å². The Morgan fingerprint density at radius 3 is 2.76 bits per heavy atom. The largest absolute Gasteiger partial charge is 0.351 e. The number of nitrogens with one attached hydrogen (secondary N) is 2. The minimum atomic E-state index is -0.241. The molecule has 21 heavy (non-hydrogen) atoms. The highest BCUT2D eigenvalue weighted by Crippen LogP contribution is 2.19. The molecular formula is C15H22N4O2. The molecule has 0 radical (unpaired) electrons. The van der Waals surface area contributed by atoms with Crippen LogP contribution in [0.25, 0.3) is 0 Å². The van der Waals surface area contributed by atoms with Gasteiger partial charge in [-0.2, -0.15) is 0 Å². The van der Waals surface area contributed by atoms with Crippen molar-refractivity contribution in [2.75, 3.05) is 27.2 Å². The molecule has 0 atom stereocenters. The number of aromatic nitrogens is 1. The molecule has 1 aliphatic rings. The Bertz CT molecular complexity index is 512. The Kier molecular flexibility index (Phi) is 5.27. The van der Waals surface area contributed by atoms with Crippen LogP contribution in [0.2, 0.25) is 0 Å². The van der Waals surface area contributed by atoms with Crippen molar-refractivity contribution in [2.45, 2.75) is 25.3 Å². The maximum Gasteiger partial charge on any atom is 0.269 e. The van der Waals surface area contributed by atoms with Crippen LogP contribution in [0.3, 0.4) is 0 Å². The van der Waals surface area contributed by atoms with Crippen LogP contribution in [0.1, 0.15) is 40.1 Å². The molecule has 2 N–H and O–H groups in total. The second-order valence-corrected chi connectivity index (χ2v) is 5.59. The van der Waals surface area contributed by atoms with Crippen LogP contribution < -0.4 is 10.6 Å². The van der Waals surface area contributed by atoms with Gasteiger partial charge < -0.3 is 15.5 Å². The van der Waals surface area contributed by atoms with Crippen molar-refractivity contribution in [3.63, 3.8) is 0 Å². The topological polar surface area (TPSA) is 74.3 Å². The molecule has 0 saturated heterocycles. The second kappa shape index (κ2) is 7.17. The Hall–Kier alpha value is -1.95. The fourth-order valence-electron chi connectivity index (χ4n) is 1.88. The third-order valence-corrected chi connectivity index (χ3v) is 3.23. The lowest BCUT2D eigenvalue weighted by Crippen LogP contribution is -2.29. The van der Waals surface area contributed by atoms with Gasteiger partial charge in [-0.15, -0.1) is 0 Å². The van der Waals surface area contributed by atoms with E-state index in [1.807, 2.05) is 14.1 Å². The molecule has 0 spiro atoms. The van der Waals surface area contributed by atoms with E-state index >= 15 is 0 Å². The molecule has 0 unspecified atom stereocenters. The van der Waals surface area contributed by atoms with Gasteiger partial charge in [0.15, 0.2) is 0 Å². The molecule has 1 heterocycles. The number of amides is 2. The van der Waals surface area contributed by atoms with Crippen LogP contribution in [-0.4, -0.2) is 54.9 Å². The van der Waals surface area contributed by atoms with Crippen molar-refractivity contribution < 1.29 is 9.59 Å². The van der Waals surface area contributed by atoms with Gasteiger partial charge in [0.25, 0.3) is 11.8 Å². The summed E-state index contributed by atoms with van der Waals surface area (Å²) in [5.74, 6) is -0.378. The molecule has 0 aromatic carbocycles. The molecule has 6 heteroatoms. The summed E-state index contributed by atoms with van der Waals surface area (Å²) in [6.07, 6.45) is 4.45. The molecule has 1 aliphatic carbocycles. The summed E-state index contributed by atoms with van der Waals surface area (Å²) in [7, 11) is 3.98. The highest BCUT2D eigenvalue weighted by atomic mass is 16.2. The molecule has 2 rings (SSSR count). The van der Waals surface area contributed by atoms with Gasteiger partial charge in [-0.25, -0.2) is 0 Å². The van der Waals surface area contributed by atoms with Gasteiger partial charge in [-0.05, 0) is 52.0 Å². The highest BCUT2D eigenvalue weighted by Gasteiger charge is 2.24. The summed E-state index contributed by atoms with van der Waals surface area (Å²) in [5, 5.41) is 5.71. The third kappa shape index (κ3) is 5.15. The van der Waals surface area contributed by atoms with Crippen molar-refractivity contribution in [3.8, 4) is 0 Å². The van der Waals surface area contributed by atoms with E-state index < -0.39 is 0 Å². The first kappa shape index (κ1) is 15.4. The molecule has 114 valence electrons. The van der Waals surface area contributed by atoms with Gasteiger partial charge in [0, 0.05) is 24.3 Å². The van der Waals surface area contributed by atoms with Crippen LogP contribution in [0.5, 0.6) is 0 Å². The van der Waals surface area contributed by atoms with Gasteiger partial charge in [-0.3, -0.25) is 14.6 Å². The predicted molar refractivity (Wildman–Crippen MR) is 80.2 cm³/mol. The Balaban J connectivity index is 1.86. The number of carbonyl (C=O) groups excluding carboxylic acids is 2. The summed E-state index contributed by atoms with van der Waals surface area (Å²) >= 11 is 0. The zero-order chi connectivity index (χ0) is 15.2. The first-order valence-electron chi connectivity index (χ1n) is 7.26. The van der Waals surface area contributed by atoms with Crippen molar-refractivity contribution >= 4 is 11.8 Å². The lowest BCUT2D eigenvalue weighted by molar-refractivity contribution is 0.0947. The molecule has 1 saturated carbocycles. The van der Waals surface area contributed by atoms with Gasteiger partial charge in [0.1, 0.15) is 5.69 Å². The Morgan fingerprint density at radius 1 is 1.33 bits per heavy atom. The summed E-state index contributed by atoms with van der Waals surface area (Å²) < 4.78 is 0. The van der Waals surface area contributed by atoms with Gasteiger partial charge in [-0.1, -0.05) is 0 Å². The summed E-state index contributed by atoms with van der Waals surface area (Å²) in [6.45, 7) is 1.51. The van der Waals surface area contributed by atoms with Crippen LogP contribution in [0, 0.1) is 0 Å². The summed E-state index contributed by atoms with van der Waals surface area (Å²) in [4.78, 5) is 30.0. The zero-order valence-electron chi connectivity index (χ0n) is 12.6. The van der Waals surface area contributed by atoms with Crippen LogP contribution >= 0.6 is 0 Å². The van der Waals surface area contributed by atoms with Crippen LogP contribution in [0.4, 0.5) is 0 Å². The number of nitrogens with zero attached hydrogens (tertiary/aromatic N) is 2. The highest BCUT2D eigenvalue weighted by molar-refractivity contribution is 5.98. The second-order valence-electron chi connectivity index (χ2n) is 5.59. The van der Waals surface area contributed by atoms with Crippen molar-refractivity contribution in [1.82, 2.24) is 20.5 Å². The van der Waals surface area contributed by atoms with Crippen LogP contribution in [0.15, 0.2) is 18.3 Å². The smallest absolute Gasteiger partial charge is 0.269 e. The lowest BCUT2D eigenvalue weighted by Gasteiger charge is -2.10. The first-order chi connectivity index (χ1) is 10.1. The predicted octanol–water partition coefficient (Wildman–Crippen LogP) is 0.655. The van der Waals surface area contributed by atoms with Crippen molar-refractivity contribution in [3.05, 3.63) is 29.6 Å². The number of hydrogen-bond acceptors (Lipinski definition) is 4. The lowest BCUT2D eigenvalue weighted by atomic mass is 10.2. The molecule has 2 amide bonds. The standard InChI is InChI=1S/C15H22N4O2/c1-19(2)9-3-7-17-15(21)13-10-11(6-8-16-13)14(20)18-12-4-5-12/h6,8,10,12H,3-5,7,9H2,1-2H3,(H,17,21)(H,18,20). The molecule has 1 fully saturated rings. The average molecular weight is 290 g/mol. The third-order valence-electron chi connectivity index (χ3n) is 3.23. The quantitative estimate of drug-likeness (QED) is 0.723. The fraction of sp³-hybridized carbons (Fsp3) is 0.533. The monoisotopic (exact) mass is 290 g/mol. The van der Waals surface area contributed by atoms with E-state index in [0.29, 0.717) is 18.2 Å². The molecule has 6 nitrogen and oxygen atoms in total. The van der Waals surface area contributed by atoms with Crippen molar-refractivity contribution in [2.24, 2.45) is 0 Å². The SMILES string of the molecule is CN(C)CCCNC(=O)c1cc(C(=O)NC2CC2)ccn1. The van der Waals surface area contributed by atoms with E-state index in [4.69, 9.17) is 0 Å². The molecular weight excluding hydrogens is 268 g/mol. The summed E-state index contributed by atoms with van der Waals surface area (Å²) in [6, 6.07) is 3.47. The normalized spacial score (nSPS) is 14.0. The van der Waals surface area contributed by atoms with E-state index in [-0.39, 0.29) is 17.5 Å². The van der Waals surface area contributed by atoms with Gasteiger partial charge >= 0.3 is 0 Å².